The molecule has 0 aliphatic heterocycles. The van der Waals surface area contributed by atoms with Crippen molar-refractivity contribution in [3.63, 3.8) is 0 Å². The Labute approximate surface area is 237 Å². The maximum Gasteiger partial charge on any atom is 0.336 e. The van der Waals surface area contributed by atoms with Gasteiger partial charge in [-0.25, -0.2) is 4.79 Å². The first-order chi connectivity index (χ1) is 19.0. The van der Waals surface area contributed by atoms with Crippen LogP contribution < -0.4 is 16.0 Å². The fourth-order valence-corrected chi connectivity index (χ4v) is 2.13. The SMILES string of the molecule is COCCNCCOC.COCCNCCOC.COCCNCCOC.O=C(O)CC(O)(CC(=O)O)C(=O)O. The molecule has 0 unspecified atom stereocenters. The third-order valence-electron chi connectivity index (χ3n) is 4.18. The van der Waals surface area contributed by atoms with Gasteiger partial charge in [-0.15, -0.1) is 0 Å². The number of methoxy groups -OCH3 is 6. The molecule has 16 nitrogen and oxygen atoms in total. The van der Waals surface area contributed by atoms with E-state index in [-0.39, 0.29) is 0 Å². The minimum atomic E-state index is -2.74. The second-order valence-corrected chi connectivity index (χ2v) is 7.68. The molecule has 0 aromatic heterocycles. The number of rotatable bonds is 23. The molecule has 0 amide bonds. The number of carboxylic acid groups (broad SMARTS) is 3. The summed E-state index contributed by atoms with van der Waals surface area (Å²) in [7, 11) is 10.2. The van der Waals surface area contributed by atoms with Gasteiger partial charge >= 0.3 is 17.9 Å². The molecule has 40 heavy (non-hydrogen) atoms. The van der Waals surface area contributed by atoms with E-state index in [1.165, 1.54) is 0 Å². The molecule has 7 N–H and O–H groups in total. The summed E-state index contributed by atoms with van der Waals surface area (Å²) in [5.74, 6) is -5.02. The maximum atomic E-state index is 10.3. The highest BCUT2D eigenvalue weighted by atomic mass is 16.5. The minimum absolute atomic E-state index is 0.768. The normalized spacial score (nSPS) is 10.3. The van der Waals surface area contributed by atoms with Gasteiger partial charge in [0.25, 0.3) is 0 Å². The number of carbonyl (C=O) groups is 3. The minimum Gasteiger partial charge on any atom is -0.481 e. The lowest BCUT2D eigenvalue weighted by Crippen LogP contribution is -2.42. The Morgan fingerprint density at radius 1 is 0.500 bits per heavy atom. The number of aliphatic hydroxyl groups is 1. The van der Waals surface area contributed by atoms with Crippen LogP contribution >= 0.6 is 0 Å². The van der Waals surface area contributed by atoms with Crippen LogP contribution in [-0.2, 0) is 42.8 Å². The topological polar surface area (TPSA) is 224 Å². The van der Waals surface area contributed by atoms with E-state index >= 15 is 0 Å². The molecule has 0 saturated heterocycles. The lowest BCUT2D eigenvalue weighted by molar-refractivity contribution is -0.170. The first-order valence-electron chi connectivity index (χ1n) is 12.5. The number of ether oxygens (including phenoxy) is 6. The highest BCUT2D eigenvalue weighted by Gasteiger charge is 2.40. The van der Waals surface area contributed by atoms with E-state index in [0.29, 0.717) is 0 Å². The fourth-order valence-electron chi connectivity index (χ4n) is 2.13. The Balaban J connectivity index is -0.000000219. The van der Waals surface area contributed by atoms with Crippen LogP contribution in [-0.4, -0.2) is 166 Å². The molecule has 0 spiro atoms. The smallest absolute Gasteiger partial charge is 0.336 e. The molecular formula is C24H53N3O13. The van der Waals surface area contributed by atoms with Gasteiger partial charge in [0.15, 0.2) is 5.60 Å². The van der Waals surface area contributed by atoms with Crippen molar-refractivity contribution >= 4 is 17.9 Å². The van der Waals surface area contributed by atoms with Crippen LogP contribution in [0.2, 0.25) is 0 Å². The maximum absolute atomic E-state index is 10.3. The van der Waals surface area contributed by atoms with Gasteiger partial charge in [0.05, 0.1) is 52.5 Å². The Morgan fingerprint density at radius 2 is 0.700 bits per heavy atom. The van der Waals surface area contributed by atoms with E-state index in [4.69, 9.17) is 48.8 Å². The molecule has 0 aliphatic rings. The molecule has 0 heterocycles. The molecule has 0 fully saturated rings. The molecule has 0 radical (unpaired) electrons. The number of carboxylic acids is 3. The van der Waals surface area contributed by atoms with Crippen molar-refractivity contribution in [1.29, 1.82) is 0 Å². The number of hydrogen-bond donors (Lipinski definition) is 7. The van der Waals surface area contributed by atoms with Gasteiger partial charge in [0.2, 0.25) is 0 Å². The molecule has 0 rings (SSSR count). The van der Waals surface area contributed by atoms with Crippen LogP contribution in [0.15, 0.2) is 0 Å². The summed E-state index contributed by atoms with van der Waals surface area (Å²) in [6.07, 6.45) is -2.29. The van der Waals surface area contributed by atoms with Gasteiger partial charge in [-0.3, -0.25) is 9.59 Å². The van der Waals surface area contributed by atoms with Crippen LogP contribution in [0, 0.1) is 0 Å². The van der Waals surface area contributed by atoms with Crippen LogP contribution in [0.3, 0.4) is 0 Å². The molecule has 16 heteroatoms. The van der Waals surface area contributed by atoms with E-state index in [2.05, 4.69) is 16.0 Å². The second-order valence-electron chi connectivity index (χ2n) is 7.68. The lowest BCUT2D eigenvalue weighted by Gasteiger charge is -2.18. The first-order valence-corrected chi connectivity index (χ1v) is 12.5. The van der Waals surface area contributed by atoms with Gasteiger partial charge in [-0.05, 0) is 0 Å². The van der Waals surface area contributed by atoms with Gasteiger partial charge in [-0.2, -0.15) is 0 Å². The van der Waals surface area contributed by atoms with E-state index in [1.807, 2.05) is 0 Å². The average Bonchev–Trinajstić information content (AvgIpc) is 2.89. The molecule has 0 aliphatic carbocycles. The van der Waals surface area contributed by atoms with Gasteiger partial charge < -0.3 is 64.8 Å². The lowest BCUT2D eigenvalue weighted by atomic mass is 9.96. The Bertz CT molecular complexity index is 491. The molecule has 0 bridgehead atoms. The Hall–Kier alpha value is -1.99. The largest absolute Gasteiger partial charge is 0.481 e. The van der Waals surface area contributed by atoms with Crippen molar-refractivity contribution in [3.05, 3.63) is 0 Å². The zero-order valence-corrected chi connectivity index (χ0v) is 24.9. The van der Waals surface area contributed by atoms with Gasteiger partial charge in [0, 0.05) is 81.9 Å². The van der Waals surface area contributed by atoms with Crippen molar-refractivity contribution in [2.24, 2.45) is 0 Å². The monoisotopic (exact) mass is 591 g/mol. The summed E-state index contributed by atoms with van der Waals surface area (Å²) in [6, 6.07) is 0. The van der Waals surface area contributed by atoms with E-state index in [0.717, 1.165) is 78.9 Å². The third kappa shape index (κ3) is 43.1. The molecule has 0 saturated carbocycles. The zero-order valence-electron chi connectivity index (χ0n) is 24.9. The van der Waals surface area contributed by atoms with Crippen LogP contribution in [0.25, 0.3) is 0 Å². The fraction of sp³-hybridized carbons (Fsp3) is 0.875. The quantitative estimate of drug-likeness (QED) is 0.0661. The summed E-state index contributed by atoms with van der Waals surface area (Å²) < 4.78 is 28.9. The van der Waals surface area contributed by atoms with Crippen molar-refractivity contribution in [2.75, 3.05) is 122 Å². The third-order valence-corrected chi connectivity index (χ3v) is 4.18. The second kappa shape index (κ2) is 37.0. The first kappa shape index (κ1) is 45.0. The summed E-state index contributed by atoms with van der Waals surface area (Å²) >= 11 is 0. The number of hydrogen-bond acceptors (Lipinski definition) is 13. The van der Waals surface area contributed by atoms with Crippen molar-refractivity contribution < 1.29 is 63.2 Å². The van der Waals surface area contributed by atoms with Gasteiger partial charge in [0.1, 0.15) is 0 Å². The highest BCUT2D eigenvalue weighted by molar-refractivity contribution is 5.88. The summed E-state index contributed by atoms with van der Waals surface area (Å²) in [5.41, 5.74) is -2.74. The molecular weight excluding hydrogens is 538 g/mol. The standard InChI is InChI=1S/3C6H15NO2.C6H8O7/c3*1-8-5-3-7-4-6-9-2;7-3(8)1-6(13,5(11)12)2-4(9)10/h3*7H,3-6H2,1-2H3;13H,1-2H2,(H,7,8)(H,9,10)(H,11,12). The Kier molecular flexibility index (Phi) is 41.6. The predicted octanol–water partition coefficient (Wildman–Crippen LogP) is -1.64. The van der Waals surface area contributed by atoms with Crippen molar-refractivity contribution in [2.45, 2.75) is 18.4 Å². The summed E-state index contributed by atoms with van der Waals surface area (Å²) in [6.45, 7) is 10.0. The summed E-state index contributed by atoms with van der Waals surface area (Å²) in [5, 5.41) is 43.2. The van der Waals surface area contributed by atoms with Crippen LogP contribution in [0.4, 0.5) is 0 Å². The predicted molar refractivity (Wildman–Crippen MR) is 147 cm³/mol. The molecule has 0 aromatic rings. The number of aliphatic carboxylic acids is 3. The molecule has 0 atom stereocenters. The van der Waals surface area contributed by atoms with Crippen LogP contribution in [0.1, 0.15) is 12.8 Å². The average molecular weight is 592 g/mol. The molecule has 0 aromatic carbocycles. The van der Waals surface area contributed by atoms with Crippen LogP contribution in [0.5, 0.6) is 0 Å². The van der Waals surface area contributed by atoms with Gasteiger partial charge in [-0.1, -0.05) is 0 Å². The van der Waals surface area contributed by atoms with Crippen molar-refractivity contribution in [3.8, 4) is 0 Å². The molecule has 242 valence electrons. The van der Waals surface area contributed by atoms with Crippen molar-refractivity contribution in [1.82, 2.24) is 16.0 Å². The number of nitrogens with one attached hydrogen (secondary N) is 3. The Morgan fingerprint density at radius 3 is 0.825 bits per heavy atom. The zero-order chi connectivity index (χ0) is 31.5. The van der Waals surface area contributed by atoms with E-state index in [1.54, 1.807) is 42.7 Å². The highest BCUT2D eigenvalue weighted by Crippen LogP contribution is 2.15. The summed E-state index contributed by atoms with van der Waals surface area (Å²) in [4.78, 5) is 30.5. The van der Waals surface area contributed by atoms with E-state index < -0.39 is 36.4 Å². The van der Waals surface area contributed by atoms with E-state index in [9.17, 15) is 14.4 Å².